The van der Waals surface area contributed by atoms with Gasteiger partial charge in [-0.1, -0.05) is 30.0 Å². The fourth-order valence-corrected chi connectivity index (χ4v) is 2.45. The first-order chi connectivity index (χ1) is 11.5. The second kappa shape index (κ2) is 8.21. The molecule has 0 bridgehead atoms. The monoisotopic (exact) mass is 350 g/mol. The van der Waals surface area contributed by atoms with E-state index in [1.165, 1.54) is 36.4 Å². The summed E-state index contributed by atoms with van der Waals surface area (Å²) in [5.41, 5.74) is 0.536. The molecule has 0 atom stereocenters. The number of halogens is 2. The van der Waals surface area contributed by atoms with Gasteiger partial charge < -0.3 is 5.32 Å². The lowest BCUT2D eigenvalue weighted by atomic mass is 10.1. The minimum Gasteiger partial charge on any atom is -0.322 e. The first-order valence-electron chi connectivity index (χ1n) is 6.73. The zero-order chi connectivity index (χ0) is 17.5. The maximum absolute atomic E-state index is 12.3. The molecule has 0 saturated carbocycles. The van der Waals surface area contributed by atoms with Crippen LogP contribution in [0.4, 0.5) is 20.2 Å². The smallest absolute Gasteiger partial charge is 0.288 e. The van der Waals surface area contributed by atoms with Gasteiger partial charge in [-0.15, -0.1) is 0 Å². The van der Waals surface area contributed by atoms with Crippen molar-refractivity contribution in [2.24, 2.45) is 0 Å². The Hall–Kier alpha value is -2.74. The highest BCUT2D eigenvalue weighted by Crippen LogP contribution is 2.27. The highest BCUT2D eigenvalue weighted by Gasteiger charge is 2.10. The van der Waals surface area contributed by atoms with Crippen molar-refractivity contribution < 1.29 is 18.5 Å². The number of nitro benzene ring substituents is 1. The molecule has 0 fully saturated rings. The molecule has 2 rings (SSSR count). The van der Waals surface area contributed by atoms with Crippen molar-refractivity contribution in [1.82, 2.24) is 0 Å². The van der Waals surface area contributed by atoms with E-state index in [4.69, 9.17) is 0 Å². The summed E-state index contributed by atoms with van der Waals surface area (Å²) in [4.78, 5) is 22.6. The molecular weight excluding hydrogens is 338 g/mol. The Bertz CT molecular complexity index is 781. The number of carbonyl (C=O) groups excluding carboxylic acids is 1. The molecule has 0 aliphatic rings. The molecule has 2 aromatic rings. The van der Waals surface area contributed by atoms with Gasteiger partial charge in [-0.25, -0.2) is 0 Å². The third-order valence-corrected chi connectivity index (χ3v) is 3.58. The molecule has 0 aliphatic carbocycles. The van der Waals surface area contributed by atoms with Crippen molar-refractivity contribution in [3.05, 3.63) is 70.3 Å². The summed E-state index contributed by atoms with van der Waals surface area (Å²) in [6.07, 6.45) is 2.47. The van der Waals surface area contributed by atoms with Crippen LogP contribution in [0.15, 0.2) is 59.5 Å². The standard InChI is InChI=1S/C16H12F2N2O3S/c17-16(18)24-13-6-3-5-12(10-13)19-15(21)9-8-11-4-1-2-7-14(11)20(22)23/h1-10,16H,(H,19,21). The second-order valence-corrected chi connectivity index (χ2v) is 5.61. The van der Waals surface area contributed by atoms with E-state index >= 15 is 0 Å². The second-order valence-electron chi connectivity index (χ2n) is 4.54. The third-order valence-electron chi connectivity index (χ3n) is 2.87. The van der Waals surface area contributed by atoms with Gasteiger partial charge in [0.05, 0.1) is 10.5 Å². The van der Waals surface area contributed by atoms with Crippen LogP contribution in [0.2, 0.25) is 0 Å². The van der Waals surface area contributed by atoms with E-state index in [1.54, 1.807) is 18.2 Å². The molecule has 124 valence electrons. The summed E-state index contributed by atoms with van der Waals surface area (Å²) in [5, 5.41) is 13.4. The summed E-state index contributed by atoms with van der Waals surface area (Å²) < 4.78 is 24.7. The molecule has 0 saturated heterocycles. The maximum atomic E-state index is 12.3. The zero-order valence-electron chi connectivity index (χ0n) is 12.2. The average molecular weight is 350 g/mol. The number of thioether (sulfide) groups is 1. The number of rotatable bonds is 6. The number of carbonyl (C=O) groups is 1. The van der Waals surface area contributed by atoms with E-state index in [9.17, 15) is 23.7 Å². The molecule has 0 spiro atoms. The summed E-state index contributed by atoms with van der Waals surface area (Å²) in [5.74, 6) is -3.07. The van der Waals surface area contributed by atoms with Gasteiger partial charge in [-0.3, -0.25) is 14.9 Å². The Kier molecular flexibility index (Phi) is 6.02. The number of para-hydroxylation sites is 1. The number of alkyl halides is 2. The van der Waals surface area contributed by atoms with Gasteiger partial charge >= 0.3 is 0 Å². The van der Waals surface area contributed by atoms with Gasteiger partial charge in [-0.05, 0) is 30.3 Å². The summed E-state index contributed by atoms with van der Waals surface area (Å²) in [7, 11) is 0. The lowest BCUT2D eigenvalue weighted by Gasteiger charge is -2.05. The molecular formula is C16H12F2N2O3S. The van der Waals surface area contributed by atoms with Crippen LogP contribution in [0.25, 0.3) is 6.08 Å². The van der Waals surface area contributed by atoms with Gasteiger partial charge in [0.15, 0.2) is 0 Å². The van der Waals surface area contributed by atoms with Crippen LogP contribution in [0.5, 0.6) is 0 Å². The van der Waals surface area contributed by atoms with E-state index in [0.29, 0.717) is 27.9 Å². The van der Waals surface area contributed by atoms with Gasteiger partial charge in [0.2, 0.25) is 5.91 Å². The van der Waals surface area contributed by atoms with Crippen molar-refractivity contribution >= 4 is 35.1 Å². The van der Waals surface area contributed by atoms with Crippen molar-refractivity contribution in [1.29, 1.82) is 0 Å². The number of hydrogen-bond donors (Lipinski definition) is 1. The number of anilines is 1. The Labute approximate surface area is 140 Å². The summed E-state index contributed by atoms with van der Waals surface area (Å²) in [6, 6.07) is 12.0. The van der Waals surface area contributed by atoms with Gasteiger partial charge in [-0.2, -0.15) is 8.78 Å². The van der Waals surface area contributed by atoms with E-state index in [0.717, 1.165) is 6.08 Å². The lowest BCUT2D eigenvalue weighted by molar-refractivity contribution is -0.385. The van der Waals surface area contributed by atoms with Gasteiger partial charge in [0, 0.05) is 22.7 Å². The Morgan fingerprint density at radius 1 is 1.21 bits per heavy atom. The predicted octanol–water partition coefficient (Wildman–Crippen LogP) is 4.56. The third kappa shape index (κ3) is 5.17. The minimum absolute atomic E-state index is 0.114. The highest BCUT2D eigenvalue weighted by molar-refractivity contribution is 7.99. The van der Waals surface area contributed by atoms with Crippen molar-refractivity contribution in [3.8, 4) is 0 Å². The van der Waals surface area contributed by atoms with Gasteiger partial charge in [0.1, 0.15) is 0 Å². The fourth-order valence-electron chi connectivity index (χ4n) is 1.89. The van der Waals surface area contributed by atoms with Crippen LogP contribution < -0.4 is 5.32 Å². The zero-order valence-corrected chi connectivity index (χ0v) is 13.0. The highest BCUT2D eigenvalue weighted by atomic mass is 32.2. The van der Waals surface area contributed by atoms with Crippen molar-refractivity contribution in [2.75, 3.05) is 5.32 Å². The number of hydrogen-bond acceptors (Lipinski definition) is 4. The molecule has 0 aromatic heterocycles. The molecule has 2 aromatic carbocycles. The van der Waals surface area contributed by atoms with Crippen LogP contribution >= 0.6 is 11.8 Å². The van der Waals surface area contributed by atoms with Crippen LogP contribution in [0, 0.1) is 10.1 Å². The first kappa shape index (κ1) is 17.6. The number of nitrogens with one attached hydrogen (secondary N) is 1. The van der Waals surface area contributed by atoms with Crippen molar-refractivity contribution in [3.63, 3.8) is 0 Å². The maximum Gasteiger partial charge on any atom is 0.288 e. The molecule has 0 heterocycles. The Balaban J connectivity index is 2.07. The molecule has 1 amide bonds. The van der Waals surface area contributed by atoms with E-state index in [-0.39, 0.29) is 5.69 Å². The van der Waals surface area contributed by atoms with E-state index < -0.39 is 16.6 Å². The molecule has 8 heteroatoms. The molecule has 1 N–H and O–H groups in total. The summed E-state index contributed by atoms with van der Waals surface area (Å²) >= 11 is 0.377. The van der Waals surface area contributed by atoms with E-state index in [1.807, 2.05) is 0 Å². The largest absolute Gasteiger partial charge is 0.322 e. The molecule has 0 aliphatic heterocycles. The minimum atomic E-state index is -2.55. The molecule has 0 radical (unpaired) electrons. The number of amides is 1. The number of benzene rings is 2. The quantitative estimate of drug-likeness (QED) is 0.359. The number of nitro groups is 1. The Morgan fingerprint density at radius 2 is 1.96 bits per heavy atom. The lowest BCUT2D eigenvalue weighted by Crippen LogP contribution is -2.07. The molecule has 5 nitrogen and oxygen atoms in total. The predicted molar refractivity (Wildman–Crippen MR) is 89.1 cm³/mol. The van der Waals surface area contributed by atoms with Crippen molar-refractivity contribution in [2.45, 2.75) is 10.7 Å². The average Bonchev–Trinajstić information content (AvgIpc) is 2.53. The SMILES string of the molecule is O=C(C=Cc1ccccc1[N+](=O)[O-])Nc1cccc(SC(F)F)c1. The van der Waals surface area contributed by atoms with Crippen LogP contribution in [0.3, 0.4) is 0 Å². The Morgan fingerprint density at radius 3 is 2.67 bits per heavy atom. The topological polar surface area (TPSA) is 72.2 Å². The van der Waals surface area contributed by atoms with Crippen LogP contribution in [0.1, 0.15) is 5.56 Å². The summed E-state index contributed by atoms with van der Waals surface area (Å²) in [6.45, 7) is 0. The van der Waals surface area contributed by atoms with Crippen LogP contribution in [-0.4, -0.2) is 16.6 Å². The fraction of sp³-hybridized carbons (Fsp3) is 0.0625. The van der Waals surface area contributed by atoms with E-state index in [2.05, 4.69) is 5.32 Å². The number of nitrogens with zero attached hydrogens (tertiary/aromatic N) is 1. The molecule has 0 unspecified atom stereocenters. The van der Waals surface area contributed by atoms with Crippen LogP contribution in [-0.2, 0) is 4.79 Å². The first-order valence-corrected chi connectivity index (χ1v) is 7.61. The molecule has 24 heavy (non-hydrogen) atoms. The normalized spacial score (nSPS) is 11.0. The van der Waals surface area contributed by atoms with Gasteiger partial charge in [0.25, 0.3) is 11.4 Å².